The molecule has 0 saturated carbocycles. The first-order valence-electron chi connectivity index (χ1n) is 9.41. The monoisotopic (exact) mass is 352 g/mol. The molecule has 1 aromatic carbocycles. The number of nitrogen functional groups attached to an aromatic ring is 1. The molecule has 26 heavy (non-hydrogen) atoms. The van der Waals surface area contributed by atoms with E-state index in [0.717, 1.165) is 30.2 Å². The second-order valence-electron chi connectivity index (χ2n) is 7.73. The second-order valence-corrected chi connectivity index (χ2v) is 7.73. The fraction of sp³-hybridized carbons (Fsp3) is 0.476. The van der Waals surface area contributed by atoms with Gasteiger partial charge in [-0.2, -0.15) is 4.98 Å². The molecule has 0 aliphatic carbocycles. The number of aromatic nitrogens is 2. The first-order valence-corrected chi connectivity index (χ1v) is 9.41. The number of likely N-dealkylation sites (tertiary alicyclic amines) is 1. The Labute approximate surface area is 157 Å². The van der Waals surface area contributed by atoms with E-state index in [1.54, 1.807) is 0 Å². The Balaban J connectivity index is 1.74. The van der Waals surface area contributed by atoms with Crippen LogP contribution in [0.2, 0.25) is 0 Å². The van der Waals surface area contributed by atoms with Crippen LogP contribution in [0.4, 0.5) is 11.8 Å². The lowest BCUT2D eigenvalue weighted by molar-refractivity contribution is 0.273. The van der Waals surface area contributed by atoms with Crippen LogP contribution in [0, 0.1) is 19.8 Å². The van der Waals surface area contributed by atoms with Gasteiger partial charge in [-0.25, -0.2) is 4.98 Å². The smallest absolute Gasteiger partial charge is 0.222 e. The summed E-state index contributed by atoms with van der Waals surface area (Å²) in [6, 6.07) is 8.98. The summed E-state index contributed by atoms with van der Waals surface area (Å²) in [5.74, 6) is 2.57. The Bertz CT molecular complexity index is 736. The zero-order valence-corrected chi connectivity index (χ0v) is 16.3. The summed E-state index contributed by atoms with van der Waals surface area (Å²) in [5.41, 5.74) is 10.4. The van der Waals surface area contributed by atoms with Crippen molar-refractivity contribution in [3.05, 3.63) is 41.3 Å². The van der Waals surface area contributed by atoms with E-state index in [0.29, 0.717) is 12.0 Å². The van der Waals surface area contributed by atoms with Crippen molar-refractivity contribution >= 4 is 11.8 Å². The number of aryl methyl sites for hydroxylation is 2. The van der Waals surface area contributed by atoms with Crippen molar-refractivity contribution in [1.29, 1.82) is 0 Å². The Morgan fingerprint density at radius 1 is 1.15 bits per heavy atom. The van der Waals surface area contributed by atoms with Crippen molar-refractivity contribution in [2.75, 3.05) is 30.7 Å². The minimum atomic E-state index is 0.310. The van der Waals surface area contributed by atoms with Gasteiger partial charge in [-0.1, -0.05) is 31.0 Å². The molecule has 3 rings (SSSR count). The van der Waals surface area contributed by atoms with E-state index in [2.05, 4.69) is 66.1 Å². The van der Waals surface area contributed by atoms with Crippen molar-refractivity contribution in [2.24, 2.45) is 0 Å². The lowest BCUT2D eigenvalue weighted by Gasteiger charge is -2.26. The van der Waals surface area contributed by atoms with Gasteiger partial charge in [0.25, 0.3) is 0 Å². The molecule has 2 heterocycles. The molecule has 5 heteroatoms. The minimum Gasteiger partial charge on any atom is -0.368 e. The molecule has 2 aromatic rings. The molecule has 0 amide bonds. The van der Waals surface area contributed by atoms with Gasteiger partial charge in [-0.05, 0) is 51.3 Å². The van der Waals surface area contributed by atoms with E-state index < -0.39 is 0 Å². The molecule has 1 saturated heterocycles. The molecular weight excluding hydrogens is 322 g/mol. The van der Waals surface area contributed by atoms with Crippen LogP contribution >= 0.6 is 0 Å². The summed E-state index contributed by atoms with van der Waals surface area (Å²) < 4.78 is 0. The standard InChI is InChI=1S/C21H30N5/c1-14(2)13-26-7-5-6-18(26)12-23-20-11-19(24-21(22)25-20)17-9-15(3)8-16(4)10-17/h8-11,18H,5-7,12-13H2,1-4H3,(H3,22,23,24,25). The molecule has 5 nitrogen and oxygen atoms in total. The highest BCUT2D eigenvalue weighted by Crippen LogP contribution is 2.24. The number of nitrogens with one attached hydrogen (secondary N) is 1. The molecule has 1 fully saturated rings. The minimum absolute atomic E-state index is 0.310. The molecule has 139 valence electrons. The number of anilines is 2. The van der Waals surface area contributed by atoms with Crippen LogP contribution in [0.25, 0.3) is 11.3 Å². The first kappa shape index (κ1) is 18.6. The summed E-state index contributed by atoms with van der Waals surface area (Å²) in [6.07, 6.45) is 2.49. The lowest BCUT2D eigenvalue weighted by Crippen LogP contribution is -2.37. The van der Waals surface area contributed by atoms with Crippen LogP contribution in [-0.2, 0) is 0 Å². The average Bonchev–Trinajstić information content (AvgIpc) is 2.98. The molecule has 0 spiro atoms. The van der Waals surface area contributed by atoms with E-state index in [9.17, 15) is 0 Å². The highest BCUT2D eigenvalue weighted by atomic mass is 15.2. The molecule has 1 unspecified atom stereocenters. The number of hydrogen-bond donors (Lipinski definition) is 2. The maximum absolute atomic E-state index is 5.97. The first-order chi connectivity index (χ1) is 12.4. The van der Waals surface area contributed by atoms with Gasteiger partial charge in [0, 0.05) is 30.8 Å². The van der Waals surface area contributed by atoms with Crippen molar-refractivity contribution < 1.29 is 0 Å². The SMILES string of the molecule is C[C](C)CN1CCCC1CNc1cc(-c2cc(C)cc(C)c2)nc(N)n1. The summed E-state index contributed by atoms with van der Waals surface area (Å²) in [6.45, 7) is 11.7. The normalized spacial score (nSPS) is 17.8. The van der Waals surface area contributed by atoms with E-state index in [4.69, 9.17) is 5.73 Å². The fourth-order valence-electron chi connectivity index (χ4n) is 3.79. The summed E-state index contributed by atoms with van der Waals surface area (Å²) in [7, 11) is 0. The van der Waals surface area contributed by atoms with Crippen LogP contribution in [0.5, 0.6) is 0 Å². The van der Waals surface area contributed by atoms with Crippen LogP contribution < -0.4 is 11.1 Å². The summed E-state index contributed by atoms with van der Waals surface area (Å²) in [5, 5.41) is 3.49. The third-order valence-electron chi connectivity index (χ3n) is 4.80. The van der Waals surface area contributed by atoms with Crippen molar-refractivity contribution in [2.45, 2.75) is 46.6 Å². The van der Waals surface area contributed by atoms with Crippen molar-refractivity contribution in [3.8, 4) is 11.3 Å². The third-order valence-corrected chi connectivity index (χ3v) is 4.80. The van der Waals surface area contributed by atoms with Gasteiger partial charge in [0.05, 0.1) is 5.69 Å². The van der Waals surface area contributed by atoms with Crippen molar-refractivity contribution in [1.82, 2.24) is 14.9 Å². The Morgan fingerprint density at radius 3 is 2.58 bits per heavy atom. The van der Waals surface area contributed by atoms with E-state index >= 15 is 0 Å². The van der Waals surface area contributed by atoms with Gasteiger partial charge in [0.15, 0.2) is 0 Å². The van der Waals surface area contributed by atoms with Gasteiger partial charge in [-0.15, -0.1) is 0 Å². The molecule has 3 N–H and O–H groups in total. The number of hydrogen-bond acceptors (Lipinski definition) is 5. The molecule has 1 aliphatic heterocycles. The van der Waals surface area contributed by atoms with Gasteiger partial charge >= 0.3 is 0 Å². The molecule has 1 aliphatic rings. The number of nitrogens with two attached hydrogens (primary N) is 1. The van der Waals surface area contributed by atoms with Crippen LogP contribution in [0.15, 0.2) is 24.3 Å². The molecule has 1 aromatic heterocycles. The molecular formula is C21H30N5. The maximum atomic E-state index is 5.97. The Morgan fingerprint density at radius 2 is 1.88 bits per heavy atom. The number of rotatable bonds is 6. The third kappa shape index (κ3) is 4.73. The summed E-state index contributed by atoms with van der Waals surface area (Å²) >= 11 is 0. The number of nitrogens with zero attached hydrogens (tertiary/aromatic N) is 3. The Kier molecular flexibility index (Phi) is 5.77. The highest BCUT2D eigenvalue weighted by Gasteiger charge is 2.24. The fourth-order valence-corrected chi connectivity index (χ4v) is 3.79. The van der Waals surface area contributed by atoms with Gasteiger partial charge < -0.3 is 11.1 Å². The highest BCUT2D eigenvalue weighted by molar-refractivity contribution is 5.65. The number of benzene rings is 1. The second kappa shape index (κ2) is 8.04. The average molecular weight is 353 g/mol. The lowest BCUT2D eigenvalue weighted by atomic mass is 10.0. The Hall–Kier alpha value is -2.14. The zero-order valence-electron chi connectivity index (χ0n) is 16.3. The summed E-state index contributed by atoms with van der Waals surface area (Å²) in [4.78, 5) is 11.4. The van der Waals surface area contributed by atoms with Crippen LogP contribution in [0.3, 0.4) is 0 Å². The largest absolute Gasteiger partial charge is 0.368 e. The van der Waals surface area contributed by atoms with E-state index in [-0.39, 0.29) is 0 Å². The van der Waals surface area contributed by atoms with Crippen LogP contribution in [-0.4, -0.2) is 40.5 Å². The quantitative estimate of drug-likeness (QED) is 0.827. The van der Waals surface area contributed by atoms with Crippen LogP contribution in [0.1, 0.15) is 37.8 Å². The maximum Gasteiger partial charge on any atom is 0.222 e. The van der Waals surface area contributed by atoms with E-state index in [1.165, 1.54) is 36.4 Å². The van der Waals surface area contributed by atoms with Gasteiger partial charge in [0.1, 0.15) is 5.82 Å². The topological polar surface area (TPSA) is 67.1 Å². The zero-order chi connectivity index (χ0) is 18.7. The predicted octanol–water partition coefficient (Wildman–Crippen LogP) is 3.83. The molecule has 1 atom stereocenters. The molecule has 1 radical (unpaired) electrons. The van der Waals surface area contributed by atoms with Gasteiger partial charge in [-0.3, -0.25) is 4.90 Å². The van der Waals surface area contributed by atoms with Crippen molar-refractivity contribution in [3.63, 3.8) is 0 Å². The predicted molar refractivity (Wildman–Crippen MR) is 109 cm³/mol. The van der Waals surface area contributed by atoms with E-state index in [1.807, 2.05) is 6.07 Å². The molecule has 0 bridgehead atoms. The van der Waals surface area contributed by atoms with Gasteiger partial charge in [0.2, 0.25) is 5.95 Å².